The minimum absolute atomic E-state index is 0.693. The summed E-state index contributed by atoms with van der Waals surface area (Å²) in [5, 5.41) is 3.56. The molecule has 1 heterocycles. The third-order valence-corrected chi connectivity index (χ3v) is 4.48. The zero-order chi connectivity index (χ0) is 13.0. The first kappa shape index (κ1) is 13.8. The summed E-state index contributed by atoms with van der Waals surface area (Å²) in [7, 11) is 0. The number of thioether (sulfide) groups is 1. The van der Waals surface area contributed by atoms with Crippen LogP contribution < -0.4 is 10.1 Å². The Bertz CT molecular complexity index is 376. The van der Waals surface area contributed by atoms with Gasteiger partial charge in [-0.3, -0.25) is 0 Å². The standard InChI is InChI=1S/C15H23NOS/c1-11-8-12(2)15(13(3)9-11)17-6-5-16-14-4-7-18-10-14/h8-9,14,16H,4-7,10H2,1-3H3/t14-/m0/s1. The molecular weight excluding hydrogens is 242 g/mol. The van der Waals surface area contributed by atoms with Crippen molar-refractivity contribution in [2.75, 3.05) is 24.7 Å². The van der Waals surface area contributed by atoms with Crippen LogP contribution in [0.5, 0.6) is 5.75 Å². The summed E-state index contributed by atoms with van der Waals surface area (Å²) in [5.41, 5.74) is 3.78. The van der Waals surface area contributed by atoms with Crippen LogP contribution in [0.15, 0.2) is 12.1 Å². The molecule has 1 aromatic rings. The van der Waals surface area contributed by atoms with Gasteiger partial charge in [-0.15, -0.1) is 0 Å². The normalized spacial score (nSPS) is 19.2. The van der Waals surface area contributed by atoms with Gasteiger partial charge in [0.1, 0.15) is 12.4 Å². The van der Waals surface area contributed by atoms with Gasteiger partial charge in [0.2, 0.25) is 0 Å². The number of benzene rings is 1. The highest BCUT2D eigenvalue weighted by Crippen LogP contribution is 2.24. The molecule has 0 bridgehead atoms. The van der Waals surface area contributed by atoms with Crippen molar-refractivity contribution in [1.29, 1.82) is 0 Å². The van der Waals surface area contributed by atoms with Crippen molar-refractivity contribution in [3.8, 4) is 5.75 Å². The number of hydrogen-bond acceptors (Lipinski definition) is 3. The first-order valence-electron chi connectivity index (χ1n) is 6.68. The van der Waals surface area contributed by atoms with E-state index in [-0.39, 0.29) is 0 Å². The number of rotatable bonds is 5. The van der Waals surface area contributed by atoms with Gasteiger partial charge in [-0.1, -0.05) is 17.7 Å². The molecule has 2 rings (SSSR count). The number of nitrogens with one attached hydrogen (secondary N) is 1. The SMILES string of the molecule is Cc1cc(C)c(OCCN[C@H]2CCSC2)c(C)c1. The van der Waals surface area contributed by atoms with Crippen LogP contribution in [0.25, 0.3) is 0 Å². The van der Waals surface area contributed by atoms with E-state index in [4.69, 9.17) is 4.74 Å². The Morgan fingerprint density at radius 2 is 2.00 bits per heavy atom. The van der Waals surface area contributed by atoms with E-state index in [0.717, 1.165) is 18.9 Å². The summed E-state index contributed by atoms with van der Waals surface area (Å²) >= 11 is 2.04. The van der Waals surface area contributed by atoms with E-state index in [1.165, 1.54) is 34.6 Å². The van der Waals surface area contributed by atoms with Crippen LogP contribution in [-0.2, 0) is 0 Å². The summed E-state index contributed by atoms with van der Waals surface area (Å²) < 4.78 is 5.91. The summed E-state index contributed by atoms with van der Waals surface area (Å²) in [5.74, 6) is 3.61. The Morgan fingerprint density at radius 1 is 1.28 bits per heavy atom. The molecule has 1 aliphatic heterocycles. The van der Waals surface area contributed by atoms with Gasteiger partial charge >= 0.3 is 0 Å². The molecule has 0 saturated carbocycles. The molecule has 3 heteroatoms. The smallest absolute Gasteiger partial charge is 0.125 e. The fraction of sp³-hybridized carbons (Fsp3) is 0.600. The van der Waals surface area contributed by atoms with Gasteiger partial charge < -0.3 is 10.1 Å². The Balaban J connectivity index is 1.79. The monoisotopic (exact) mass is 265 g/mol. The number of hydrogen-bond donors (Lipinski definition) is 1. The second-order valence-electron chi connectivity index (χ2n) is 5.09. The molecule has 1 aliphatic rings. The molecule has 18 heavy (non-hydrogen) atoms. The molecule has 0 aromatic heterocycles. The predicted octanol–water partition coefficient (Wildman–Crippen LogP) is 3.09. The second kappa shape index (κ2) is 6.48. The van der Waals surface area contributed by atoms with Crippen LogP contribution in [0.3, 0.4) is 0 Å². The van der Waals surface area contributed by atoms with Crippen molar-refractivity contribution in [1.82, 2.24) is 5.32 Å². The molecule has 1 N–H and O–H groups in total. The molecule has 1 atom stereocenters. The van der Waals surface area contributed by atoms with E-state index in [1.54, 1.807) is 0 Å². The van der Waals surface area contributed by atoms with E-state index >= 15 is 0 Å². The highest BCUT2D eigenvalue weighted by Gasteiger charge is 2.14. The first-order valence-corrected chi connectivity index (χ1v) is 7.84. The van der Waals surface area contributed by atoms with Crippen LogP contribution in [0.1, 0.15) is 23.1 Å². The van der Waals surface area contributed by atoms with Crippen LogP contribution >= 0.6 is 11.8 Å². The van der Waals surface area contributed by atoms with Gasteiger partial charge in [0, 0.05) is 18.3 Å². The van der Waals surface area contributed by atoms with Gasteiger partial charge in [0.25, 0.3) is 0 Å². The number of ether oxygens (including phenoxy) is 1. The van der Waals surface area contributed by atoms with Gasteiger partial charge in [-0.25, -0.2) is 0 Å². The predicted molar refractivity (Wildman–Crippen MR) is 79.9 cm³/mol. The lowest BCUT2D eigenvalue weighted by atomic mass is 10.1. The highest BCUT2D eigenvalue weighted by atomic mass is 32.2. The van der Waals surface area contributed by atoms with Crippen LogP contribution in [0.2, 0.25) is 0 Å². The first-order chi connectivity index (χ1) is 8.66. The number of aryl methyl sites for hydroxylation is 3. The van der Waals surface area contributed by atoms with E-state index in [0.29, 0.717) is 6.04 Å². The maximum Gasteiger partial charge on any atom is 0.125 e. The summed E-state index contributed by atoms with van der Waals surface area (Å²) in [6, 6.07) is 5.06. The van der Waals surface area contributed by atoms with Crippen molar-refractivity contribution in [2.45, 2.75) is 33.2 Å². The lowest BCUT2D eigenvalue weighted by Gasteiger charge is -2.15. The van der Waals surface area contributed by atoms with Gasteiger partial charge in [-0.2, -0.15) is 11.8 Å². The quantitative estimate of drug-likeness (QED) is 0.827. The maximum atomic E-state index is 5.91. The van der Waals surface area contributed by atoms with Crippen molar-refractivity contribution >= 4 is 11.8 Å². The Hall–Kier alpha value is -0.670. The topological polar surface area (TPSA) is 21.3 Å². The van der Waals surface area contributed by atoms with Gasteiger partial charge in [-0.05, 0) is 44.1 Å². The molecule has 1 fully saturated rings. The van der Waals surface area contributed by atoms with Gasteiger partial charge in [0.15, 0.2) is 0 Å². The van der Waals surface area contributed by atoms with E-state index in [1.807, 2.05) is 11.8 Å². The van der Waals surface area contributed by atoms with Crippen LogP contribution in [0.4, 0.5) is 0 Å². The molecule has 1 saturated heterocycles. The summed E-state index contributed by atoms with van der Waals surface area (Å²) in [6.45, 7) is 8.07. The minimum Gasteiger partial charge on any atom is -0.492 e. The van der Waals surface area contributed by atoms with Crippen molar-refractivity contribution in [3.63, 3.8) is 0 Å². The molecule has 0 unspecified atom stereocenters. The third-order valence-electron chi connectivity index (χ3n) is 3.32. The van der Waals surface area contributed by atoms with Crippen molar-refractivity contribution in [2.24, 2.45) is 0 Å². The molecule has 0 spiro atoms. The van der Waals surface area contributed by atoms with Gasteiger partial charge in [0.05, 0.1) is 0 Å². The molecule has 0 aliphatic carbocycles. The maximum absolute atomic E-state index is 5.91. The van der Waals surface area contributed by atoms with E-state index in [2.05, 4.69) is 38.2 Å². The van der Waals surface area contributed by atoms with Crippen molar-refractivity contribution in [3.05, 3.63) is 28.8 Å². The van der Waals surface area contributed by atoms with E-state index in [9.17, 15) is 0 Å². The molecule has 0 radical (unpaired) electrons. The molecule has 2 nitrogen and oxygen atoms in total. The average molecular weight is 265 g/mol. The second-order valence-corrected chi connectivity index (χ2v) is 6.24. The van der Waals surface area contributed by atoms with E-state index < -0.39 is 0 Å². The zero-order valence-corrected chi connectivity index (χ0v) is 12.4. The fourth-order valence-electron chi connectivity index (χ4n) is 2.51. The van der Waals surface area contributed by atoms with Crippen LogP contribution in [-0.4, -0.2) is 30.7 Å². The summed E-state index contributed by atoms with van der Waals surface area (Å²) in [6.07, 6.45) is 1.30. The molecule has 0 amide bonds. The Kier molecular flexibility index (Phi) is 4.95. The third kappa shape index (κ3) is 3.66. The highest BCUT2D eigenvalue weighted by molar-refractivity contribution is 7.99. The Morgan fingerprint density at radius 3 is 2.61 bits per heavy atom. The van der Waals surface area contributed by atoms with Crippen LogP contribution in [0, 0.1) is 20.8 Å². The molecule has 1 aromatic carbocycles. The lowest BCUT2D eigenvalue weighted by Crippen LogP contribution is -2.32. The fourth-order valence-corrected chi connectivity index (χ4v) is 3.69. The van der Waals surface area contributed by atoms with Crippen molar-refractivity contribution < 1.29 is 4.74 Å². The summed E-state index contributed by atoms with van der Waals surface area (Å²) in [4.78, 5) is 0. The molecule has 100 valence electrons. The minimum atomic E-state index is 0.693. The largest absolute Gasteiger partial charge is 0.492 e. The average Bonchev–Trinajstić information content (AvgIpc) is 2.79. The zero-order valence-electron chi connectivity index (χ0n) is 11.6. The molecular formula is C15H23NOS. The lowest BCUT2D eigenvalue weighted by molar-refractivity contribution is 0.303. The Labute approximate surface area is 114 Å².